The second kappa shape index (κ2) is 9.80. The maximum absolute atomic E-state index is 12.6. The van der Waals surface area contributed by atoms with E-state index in [9.17, 15) is 13.2 Å². The van der Waals surface area contributed by atoms with Crippen molar-refractivity contribution in [3.63, 3.8) is 0 Å². The third-order valence-electron chi connectivity index (χ3n) is 3.75. The van der Waals surface area contributed by atoms with E-state index >= 15 is 0 Å². The third kappa shape index (κ3) is 6.19. The zero-order valence-corrected chi connectivity index (χ0v) is 16.5. The van der Waals surface area contributed by atoms with Crippen LogP contribution in [0.2, 0.25) is 0 Å². The van der Waals surface area contributed by atoms with Crippen LogP contribution >= 0.6 is 11.8 Å². The van der Waals surface area contributed by atoms with E-state index in [0.29, 0.717) is 18.6 Å². The predicted octanol–water partition coefficient (Wildman–Crippen LogP) is 2.43. The van der Waals surface area contributed by atoms with Gasteiger partial charge in [-0.1, -0.05) is 18.2 Å². The zero-order chi connectivity index (χ0) is 19.0. The number of rotatable bonds is 10. The van der Waals surface area contributed by atoms with E-state index in [4.69, 9.17) is 4.42 Å². The van der Waals surface area contributed by atoms with E-state index in [1.54, 1.807) is 42.3 Å². The molecule has 0 spiro atoms. The normalized spacial score (nSPS) is 13.9. The van der Waals surface area contributed by atoms with Gasteiger partial charge in [0.05, 0.1) is 11.2 Å². The van der Waals surface area contributed by atoms with Crippen LogP contribution in [0.3, 0.4) is 0 Å². The number of carbonyl (C=O) groups excluding carboxylic acids is 1. The van der Waals surface area contributed by atoms with Crippen molar-refractivity contribution in [1.29, 1.82) is 0 Å². The highest BCUT2D eigenvalue weighted by Gasteiger charge is 2.26. The highest BCUT2D eigenvalue weighted by atomic mass is 32.2. The van der Waals surface area contributed by atoms with E-state index in [1.807, 2.05) is 19.2 Å². The Morgan fingerprint density at radius 1 is 1.19 bits per heavy atom. The lowest BCUT2D eigenvalue weighted by Gasteiger charge is -2.21. The fourth-order valence-electron chi connectivity index (χ4n) is 2.46. The Kier molecular flexibility index (Phi) is 7.74. The molecule has 0 saturated carbocycles. The van der Waals surface area contributed by atoms with Crippen LogP contribution in [0.5, 0.6) is 0 Å². The second-order valence-electron chi connectivity index (χ2n) is 5.96. The number of benzene rings is 1. The first-order valence-corrected chi connectivity index (χ1v) is 11.2. The molecule has 1 amide bonds. The van der Waals surface area contributed by atoms with Gasteiger partial charge in [-0.15, -0.1) is 0 Å². The minimum absolute atomic E-state index is 0.144. The fourth-order valence-corrected chi connectivity index (χ4v) is 4.18. The van der Waals surface area contributed by atoms with Gasteiger partial charge in [0.1, 0.15) is 11.8 Å². The minimum Gasteiger partial charge on any atom is -0.469 e. The van der Waals surface area contributed by atoms with Gasteiger partial charge in [0.15, 0.2) is 0 Å². The van der Waals surface area contributed by atoms with Crippen LogP contribution in [0.15, 0.2) is 58.0 Å². The van der Waals surface area contributed by atoms with Crippen molar-refractivity contribution in [2.45, 2.75) is 36.7 Å². The molecule has 26 heavy (non-hydrogen) atoms. The number of furan rings is 1. The monoisotopic (exact) mass is 396 g/mol. The van der Waals surface area contributed by atoms with Crippen LogP contribution in [-0.2, 0) is 21.2 Å². The topological polar surface area (TPSA) is 88.4 Å². The molecule has 0 aliphatic heterocycles. The van der Waals surface area contributed by atoms with E-state index in [2.05, 4.69) is 10.0 Å². The molecule has 0 bridgehead atoms. The molecule has 0 aliphatic carbocycles. The highest BCUT2D eigenvalue weighted by molar-refractivity contribution is 7.98. The summed E-state index contributed by atoms with van der Waals surface area (Å²) in [4.78, 5) is 12.8. The van der Waals surface area contributed by atoms with Crippen LogP contribution in [0, 0.1) is 0 Å². The van der Waals surface area contributed by atoms with Crippen molar-refractivity contribution < 1.29 is 17.6 Å². The molecule has 2 rings (SSSR count). The molecule has 2 unspecified atom stereocenters. The summed E-state index contributed by atoms with van der Waals surface area (Å²) in [7, 11) is -3.76. The second-order valence-corrected chi connectivity index (χ2v) is 8.66. The average Bonchev–Trinajstić information content (AvgIpc) is 3.12. The van der Waals surface area contributed by atoms with Gasteiger partial charge in [-0.25, -0.2) is 8.42 Å². The Hall–Kier alpha value is -1.77. The predicted molar refractivity (Wildman–Crippen MR) is 104 cm³/mol. The van der Waals surface area contributed by atoms with Gasteiger partial charge in [-0.05, 0) is 49.6 Å². The summed E-state index contributed by atoms with van der Waals surface area (Å²) < 4.78 is 32.9. The standard InChI is InChI=1S/C18H24N2O4S2/c1-14(13-15-7-6-11-24-15)19-18(21)17(10-12-25-2)20-26(22,23)16-8-4-3-5-9-16/h3-9,11,14,17,20H,10,12-13H2,1-2H3,(H,19,21). The van der Waals surface area contributed by atoms with Crippen molar-refractivity contribution in [3.8, 4) is 0 Å². The van der Waals surface area contributed by atoms with Crippen LogP contribution in [0.25, 0.3) is 0 Å². The first-order valence-electron chi connectivity index (χ1n) is 8.31. The summed E-state index contributed by atoms with van der Waals surface area (Å²) in [5, 5.41) is 2.87. The molecule has 2 N–H and O–H groups in total. The molecular formula is C18H24N2O4S2. The van der Waals surface area contributed by atoms with Gasteiger partial charge >= 0.3 is 0 Å². The Labute approximate surface area is 158 Å². The van der Waals surface area contributed by atoms with Gasteiger partial charge in [0.25, 0.3) is 0 Å². The molecule has 0 radical (unpaired) electrons. The molecule has 0 aliphatic rings. The molecule has 1 heterocycles. The Balaban J connectivity index is 2.04. The van der Waals surface area contributed by atoms with Crippen LogP contribution in [-0.4, -0.2) is 38.4 Å². The van der Waals surface area contributed by atoms with E-state index < -0.39 is 16.1 Å². The summed E-state index contributed by atoms with van der Waals surface area (Å²) in [6.07, 6.45) is 4.45. The molecule has 142 valence electrons. The number of amides is 1. The summed E-state index contributed by atoms with van der Waals surface area (Å²) in [5.74, 6) is 1.10. The summed E-state index contributed by atoms with van der Waals surface area (Å²) in [6, 6.07) is 10.7. The molecule has 2 aromatic rings. The van der Waals surface area contributed by atoms with Crippen molar-refractivity contribution in [3.05, 3.63) is 54.5 Å². The lowest BCUT2D eigenvalue weighted by atomic mass is 10.1. The maximum atomic E-state index is 12.6. The summed E-state index contributed by atoms with van der Waals surface area (Å²) in [6.45, 7) is 1.86. The number of hydrogen-bond acceptors (Lipinski definition) is 5. The number of hydrogen-bond donors (Lipinski definition) is 2. The summed E-state index contributed by atoms with van der Waals surface area (Å²) >= 11 is 1.56. The molecule has 0 saturated heterocycles. The molecular weight excluding hydrogens is 372 g/mol. The molecule has 2 atom stereocenters. The minimum atomic E-state index is -3.76. The number of carbonyl (C=O) groups is 1. The van der Waals surface area contributed by atoms with Crippen molar-refractivity contribution >= 4 is 27.7 Å². The highest BCUT2D eigenvalue weighted by Crippen LogP contribution is 2.11. The SMILES string of the molecule is CSCCC(NS(=O)(=O)c1ccccc1)C(=O)NC(C)Cc1ccco1. The molecule has 8 heteroatoms. The largest absolute Gasteiger partial charge is 0.469 e. The Morgan fingerprint density at radius 3 is 2.54 bits per heavy atom. The maximum Gasteiger partial charge on any atom is 0.241 e. The van der Waals surface area contributed by atoms with Crippen LogP contribution < -0.4 is 10.0 Å². The molecule has 1 aromatic heterocycles. The quantitative estimate of drug-likeness (QED) is 0.644. The van der Waals surface area contributed by atoms with Crippen molar-refractivity contribution in [2.24, 2.45) is 0 Å². The van der Waals surface area contributed by atoms with E-state index in [0.717, 1.165) is 5.76 Å². The molecule has 0 fully saturated rings. The first-order chi connectivity index (χ1) is 12.4. The van der Waals surface area contributed by atoms with Gasteiger partial charge in [0.2, 0.25) is 15.9 Å². The van der Waals surface area contributed by atoms with Crippen LogP contribution in [0.4, 0.5) is 0 Å². The van der Waals surface area contributed by atoms with Gasteiger partial charge in [-0.2, -0.15) is 16.5 Å². The molecule has 6 nitrogen and oxygen atoms in total. The van der Waals surface area contributed by atoms with E-state index in [1.165, 1.54) is 12.1 Å². The first kappa shape index (κ1) is 20.5. The van der Waals surface area contributed by atoms with E-state index in [-0.39, 0.29) is 16.8 Å². The van der Waals surface area contributed by atoms with Gasteiger partial charge in [0, 0.05) is 12.5 Å². The van der Waals surface area contributed by atoms with Crippen molar-refractivity contribution in [2.75, 3.05) is 12.0 Å². The lowest BCUT2D eigenvalue weighted by Crippen LogP contribution is -2.49. The lowest BCUT2D eigenvalue weighted by molar-refractivity contribution is -0.123. The third-order valence-corrected chi connectivity index (χ3v) is 5.89. The summed E-state index contributed by atoms with van der Waals surface area (Å²) in [5.41, 5.74) is 0. The fraction of sp³-hybridized carbons (Fsp3) is 0.389. The van der Waals surface area contributed by atoms with Gasteiger partial charge in [-0.3, -0.25) is 4.79 Å². The average molecular weight is 397 g/mol. The van der Waals surface area contributed by atoms with Gasteiger partial charge < -0.3 is 9.73 Å². The number of nitrogens with one attached hydrogen (secondary N) is 2. The smallest absolute Gasteiger partial charge is 0.241 e. The molecule has 1 aromatic carbocycles. The Morgan fingerprint density at radius 2 is 1.92 bits per heavy atom. The van der Waals surface area contributed by atoms with Crippen molar-refractivity contribution in [1.82, 2.24) is 10.0 Å². The number of sulfonamides is 1. The zero-order valence-electron chi connectivity index (χ0n) is 14.8. The Bertz CT molecular complexity index is 777. The number of thioether (sulfide) groups is 1. The van der Waals surface area contributed by atoms with Crippen LogP contribution in [0.1, 0.15) is 19.1 Å².